The number of imide groups is 1. The summed E-state index contributed by atoms with van der Waals surface area (Å²) in [7, 11) is 0. The van der Waals surface area contributed by atoms with E-state index in [4.69, 9.17) is 5.73 Å². The zero-order valence-corrected chi connectivity index (χ0v) is 11.3. The molecule has 0 radical (unpaired) electrons. The van der Waals surface area contributed by atoms with Crippen LogP contribution in [0.3, 0.4) is 0 Å². The van der Waals surface area contributed by atoms with E-state index in [1.165, 1.54) is 32.1 Å². The molecule has 1 rings (SSSR count). The highest BCUT2D eigenvalue weighted by atomic mass is 16.2. The summed E-state index contributed by atoms with van der Waals surface area (Å²) >= 11 is 0. The maximum Gasteiger partial charge on any atom is 0.318 e. The van der Waals surface area contributed by atoms with Crippen molar-refractivity contribution in [3.8, 4) is 0 Å². The molecular formula is C13H25N3O2. The second-order valence-corrected chi connectivity index (χ2v) is 5.09. The Morgan fingerprint density at radius 3 is 2.78 bits per heavy atom. The highest BCUT2D eigenvalue weighted by Crippen LogP contribution is 2.21. The Hall–Kier alpha value is -1.10. The number of rotatable bonds is 5. The van der Waals surface area contributed by atoms with Crippen molar-refractivity contribution in [2.24, 2.45) is 11.7 Å². The first kappa shape index (κ1) is 15.0. The van der Waals surface area contributed by atoms with E-state index in [-0.39, 0.29) is 5.91 Å². The van der Waals surface area contributed by atoms with E-state index in [0.29, 0.717) is 6.42 Å². The minimum Gasteiger partial charge on any atom is -0.351 e. The molecule has 0 bridgehead atoms. The van der Waals surface area contributed by atoms with Gasteiger partial charge in [0.2, 0.25) is 5.91 Å². The van der Waals surface area contributed by atoms with E-state index in [1.54, 1.807) is 0 Å². The van der Waals surface area contributed by atoms with E-state index in [2.05, 4.69) is 17.1 Å². The Morgan fingerprint density at radius 1 is 1.33 bits per heavy atom. The Morgan fingerprint density at radius 2 is 2.11 bits per heavy atom. The van der Waals surface area contributed by atoms with Crippen LogP contribution in [0.1, 0.15) is 45.4 Å². The molecule has 5 nitrogen and oxygen atoms in total. The van der Waals surface area contributed by atoms with Crippen molar-refractivity contribution in [3.63, 3.8) is 0 Å². The van der Waals surface area contributed by atoms with Gasteiger partial charge in [-0.05, 0) is 38.3 Å². The monoisotopic (exact) mass is 255 g/mol. The lowest BCUT2D eigenvalue weighted by Crippen LogP contribution is -2.37. The Labute approximate surface area is 109 Å². The summed E-state index contributed by atoms with van der Waals surface area (Å²) < 4.78 is 0. The summed E-state index contributed by atoms with van der Waals surface area (Å²) in [4.78, 5) is 24.1. The van der Waals surface area contributed by atoms with Gasteiger partial charge in [-0.1, -0.05) is 19.8 Å². The van der Waals surface area contributed by atoms with Gasteiger partial charge < -0.3 is 10.6 Å². The quantitative estimate of drug-likeness (QED) is 0.781. The topological polar surface area (TPSA) is 75.4 Å². The molecule has 18 heavy (non-hydrogen) atoms. The third-order valence-electron chi connectivity index (χ3n) is 3.55. The van der Waals surface area contributed by atoms with Crippen LogP contribution in [-0.4, -0.2) is 36.5 Å². The first-order chi connectivity index (χ1) is 8.61. The summed E-state index contributed by atoms with van der Waals surface area (Å²) in [5.41, 5.74) is 4.89. The fraction of sp³-hybridized carbons (Fsp3) is 0.846. The van der Waals surface area contributed by atoms with Crippen molar-refractivity contribution in [1.82, 2.24) is 10.2 Å². The summed E-state index contributed by atoms with van der Waals surface area (Å²) in [5, 5.41) is 2.10. The van der Waals surface area contributed by atoms with Gasteiger partial charge >= 0.3 is 6.03 Å². The van der Waals surface area contributed by atoms with Gasteiger partial charge in [0, 0.05) is 13.0 Å². The molecular weight excluding hydrogens is 230 g/mol. The molecule has 0 aromatic heterocycles. The van der Waals surface area contributed by atoms with Crippen molar-refractivity contribution < 1.29 is 9.59 Å². The first-order valence-electron chi connectivity index (χ1n) is 6.93. The molecule has 1 aliphatic rings. The molecule has 1 fully saturated rings. The molecule has 0 spiro atoms. The van der Waals surface area contributed by atoms with Crippen LogP contribution in [0.4, 0.5) is 4.79 Å². The van der Waals surface area contributed by atoms with Crippen LogP contribution in [0.2, 0.25) is 0 Å². The van der Waals surface area contributed by atoms with Gasteiger partial charge in [0.05, 0.1) is 0 Å². The average molecular weight is 255 g/mol. The molecule has 1 heterocycles. The van der Waals surface area contributed by atoms with Crippen molar-refractivity contribution in [3.05, 3.63) is 0 Å². The number of primary amides is 1. The highest BCUT2D eigenvalue weighted by Gasteiger charge is 2.17. The van der Waals surface area contributed by atoms with Crippen LogP contribution in [0, 0.1) is 5.92 Å². The Bertz CT molecular complexity index is 281. The van der Waals surface area contributed by atoms with Gasteiger partial charge in [-0.25, -0.2) is 4.79 Å². The number of nitrogens with zero attached hydrogens (tertiary/aromatic N) is 1. The normalized spacial score (nSPS) is 21.3. The largest absolute Gasteiger partial charge is 0.351 e. The van der Waals surface area contributed by atoms with Crippen LogP contribution < -0.4 is 11.1 Å². The minimum absolute atomic E-state index is 0.281. The van der Waals surface area contributed by atoms with Crippen molar-refractivity contribution in [1.29, 1.82) is 0 Å². The third kappa shape index (κ3) is 6.00. The van der Waals surface area contributed by atoms with Crippen molar-refractivity contribution >= 4 is 11.9 Å². The lowest BCUT2D eigenvalue weighted by molar-refractivity contribution is -0.120. The van der Waals surface area contributed by atoms with Crippen LogP contribution in [0.15, 0.2) is 0 Å². The van der Waals surface area contributed by atoms with E-state index in [9.17, 15) is 9.59 Å². The van der Waals surface area contributed by atoms with Gasteiger partial charge in [0.25, 0.3) is 0 Å². The Kier molecular flexibility index (Phi) is 6.72. The van der Waals surface area contributed by atoms with Gasteiger partial charge in [-0.3, -0.25) is 10.1 Å². The van der Waals surface area contributed by atoms with Gasteiger partial charge in [-0.15, -0.1) is 0 Å². The Balaban J connectivity index is 2.23. The molecule has 104 valence electrons. The van der Waals surface area contributed by atoms with E-state index < -0.39 is 6.03 Å². The number of carbonyl (C=O) groups excluding carboxylic acids is 2. The number of urea groups is 1. The molecule has 0 saturated carbocycles. The smallest absolute Gasteiger partial charge is 0.318 e. The molecule has 0 aromatic rings. The maximum absolute atomic E-state index is 11.3. The highest BCUT2D eigenvalue weighted by molar-refractivity contribution is 5.93. The fourth-order valence-corrected chi connectivity index (χ4v) is 2.60. The molecule has 0 aliphatic carbocycles. The number of nitrogens with two attached hydrogens (primary N) is 1. The first-order valence-corrected chi connectivity index (χ1v) is 6.93. The summed E-state index contributed by atoms with van der Waals surface area (Å²) in [6, 6.07) is -0.765. The predicted octanol–water partition coefficient (Wildman–Crippen LogP) is 1.47. The van der Waals surface area contributed by atoms with E-state index in [1.807, 2.05) is 0 Å². The molecule has 0 unspecified atom stereocenters. The third-order valence-corrected chi connectivity index (χ3v) is 3.55. The molecule has 3 amide bonds. The molecule has 1 saturated heterocycles. The zero-order valence-electron chi connectivity index (χ0n) is 11.3. The number of likely N-dealkylation sites (tertiary alicyclic amines) is 1. The summed E-state index contributed by atoms with van der Waals surface area (Å²) in [5.74, 6) is 0.566. The standard InChI is InChI=1S/C13H25N3O2/c1-2-4-11-5-3-8-16(9-6-11)10-7-12(17)15-13(14)18/h11H,2-10H2,1H3,(H3,14,15,17,18)/t11-/m0/s1. The number of carbonyl (C=O) groups is 2. The molecule has 0 aromatic carbocycles. The fourth-order valence-electron chi connectivity index (χ4n) is 2.60. The van der Waals surface area contributed by atoms with Gasteiger partial charge in [0.15, 0.2) is 0 Å². The SMILES string of the molecule is CCC[C@H]1CCCN(CCC(=O)NC(N)=O)CC1. The number of nitrogens with one attached hydrogen (secondary N) is 1. The lowest BCUT2D eigenvalue weighted by Gasteiger charge is -2.19. The molecule has 1 atom stereocenters. The molecule has 5 heteroatoms. The lowest BCUT2D eigenvalue weighted by atomic mass is 9.96. The zero-order chi connectivity index (χ0) is 13.4. The average Bonchev–Trinajstić information content (AvgIpc) is 2.52. The van der Waals surface area contributed by atoms with Gasteiger partial charge in [-0.2, -0.15) is 0 Å². The van der Waals surface area contributed by atoms with Crippen molar-refractivity contribution in [2.75, 3.05) is 19.6 Å². The second kappa shape index (κ2) is 8.08. The van der Waals surface area contributed by atoms with Crippen molar-refractivity contribution in [2.45, 2.75) is 45.4 Å². The van der Waals surface area contributed by atoms with Crippen LogP contribution in [0.5, 0.6) is 0 Å². The van der Waals surface area contributed by atoms with Gasteiger partial charge in [0.1, 0.15) is 0 Å². The second-order valence-electron chi connectivity index (χ2n) is 5.09. The minimum atomic E-state index is -0.765. The summed E-state index contributed by atoms with van der Waals surface area (Å²) in [6.07, 6.45) is 6.66. The van der Waals surface area contributed by atoms with Crippen LogP contribution >= 0.6 is 0 Å². The van der Waals surface area contributed by atoms with E-state index >= 15 is 0 Å². The van der Waals surface area contributed by atoms with Crippen LogP contribution in [-0.2, 0) is 4.79 Å². The molecule has 1 aliphatic heterocycles. The summed E-state index contributed by atoms with van der Waals surface area (Å²) in [6.45, 7) is 5.08. The maximum atomic E-state index is 11.3. The van der Waals surface area contributed by atoms with E-state index in [0.717, 1.165) is 25.6 Å². The number of amides is 3. The van der Waals surface area contributed by atoms with Crippen LogP contribution in [0.25, 0.3) is 0 Å². The number of hydrogen-bond acceptors (Lipinski definition) is 3. The number of hydrogen-bond donors (Lipinski definition) is 2. The molecule has 3 N–H and O–H groups in total. The predicted molar refractivity (Wildman–Crippen MR) is 71.0 cm³/mol.